The lowest BCUT2D eigenvalue weighted by atomic mass is 10.2. The van der Waals surface area contributed by atoms with E-state index in [1.54, 1.807) is 0 Å². The van der Waals surface area contributed by atoms with Gasteiger partial charge in [-0.1, -0.05) is 0 Å². The van der Waals surface area contributed by atoms with Crippen molar-refractivity contribution in [3.8, 4) is 5.75 Å². The molecule has 0 aromatic heterocycles. The van der Waals surface area contributed by atoms with Crippen molar-refractivity contribution in [2.45, 2.75) is 19.5 Å². The lowest BCUT2D eigenvalue weighted by Gasteiger charge is -2.09. The molecule has 0 aliphatic heterocycles. The molecule has 1 atom stereocenters. The third-order valence-electron chi connectivity index (χ3n) is 1.93. The van der Waals surface area contributed by atoms with Crippen LogP contribution in [0, 0.1) is 5.82 Å². The molecule has 82 valence electrons. The molecule has 4 nitrogen and oxygen atoms in total. The zero-order valence-electron chi connectivity index (χ0n) is 8.20. The maximum atomic E-state index is 12.8. The van der Waals surface area contributed by atoms with Crippen LogP contribution in [0.2, 0.25) is 0 Å². The summed E-state index contributed by atoms with van der Waals surface area (Å²) in [5, 5.41) is 20.3. The smallest absolute Gasteiger partial charge is 0.320 e. The molecule has 0 amide bonds. The van der Waals surface area contributed by atoms with Crippen LogP contribution in [-0.4, -0.2) is 22.2 Å². The molecule has 1 aromatic rings. The molecule has 0 aliphatic rings. The number of phenolic OH excluding ortho intramolecular Hbond substituents is 1. The largest absolute Gasteiger partial charge is 0.508 e. The molecule has 15 heavy (non-hydrogen) atoms. The van der Waals surface area contributed by atoms with E-state index >= 15 is 0 Å². The molecule has 0 bridgehead atoms. The number of carboxylic acid groups (broad SMARTS) is 1. The Bertz CT molecular complexity index is 347. The van der Waals surface area contributed by atoms with Crippen LogP contribution in [0.25, 0.3) is 0 Å². The van der Waals surface area contributed by atoms with Crippen LogP contribution in [0.1, 0.15) is 12.5 Å². The first kappa shape index (κ1) is 11.5. The summed E-state index contributed by atoms with van der Waals surface area (Å²) in [5.41, 5.74) is 0.501. The molecule has 0 fully saturated rings. The van der Waals surface area contributed by atoms with Crippen molar-refractivity contribution in [3.05, 3.63) is 29.6 Å². The Morgan fingerprint density at radius 3 is 2.73 bits per heavy atom. The molecule has 0 spiro atoms. The molecular weight excluding hydrogens is 201 g/mol. The van der Waals surface area contributed by atoms with Crippen molar-refractivity contribution in [1.29, 1.82) is 0 Å². The number of carbonyl (C=O) groups is 1. The molecule has 0 heterocycles. The van der Waals surface area contributed by atoms with Gasteiger partial charge in [0.2, 0.25) is 0 Å². The van der Waals surface area contributed by atoms with Gasteiger partial charge in [0.15, 0.2) is 0 Å². The van der Waals surface area contributed by atoms with Gasteiger partial charge in [0.05, 0.1) is 0 Å². The van der Waals surface area contributed by atoms with E-state index in [0.29, 0.717) is 5.56 Å². The average molecular weight is 213 g/mol. The van der Waals surface area contributed by atoms with Crippen molar-refractivity contribution < 1.29 is 19.4 Å². The van der Waals surface area contributed by atoms with Crippen molar-refractivity contribution in [1.82, 2.24) is 5.32 Å². The summed E-state index contributed by atoms with van der Waals surface area (Å²) in [7, 11) is 0. The molecule has 5 heteroatoms. The number of nitrogens with one attached hydrogen (secondary N) is 1. The van der Waals surface area contributed by atoms with Gasteiger partial charge in [0.25, 0.3) is 0 Å². The predicted octanol–water partition coefficient (Wildman–Crippen LogP) is 1.09. The second-order valence-corrected chi connectivity index (χ2v) is 3.26. The topological polar surface area (TPSA) is 69.6 Å². The van der Waals surface area contributed by atoms with E-state index in [2.05, 4.69) is 5.32 Å². The minimum Gasteiger partial charge on any atom is -0.508 e. The van der Waals surface area contributed by atoms with Gasteiger partial charge >= 0.3 is 5.97 Å². The summed E-state index contributed by atoms with van der Waals surface area (Å²) < 4.78 is 12.8. The van der Waals surface area contributed by atoms with Gasteiger partial charge in [-0.15, -0.1) is 0 Å². The molecule has 0 saturated heterocycles. The van der Waals surface area contributed by atoms with Crippen LogP contribution >= 0.6 is 0 Å². The highest BCUT2D eigenvalue weighted by molar-refractivity contribution is 5.72. The lowest BCUT2D eigenvalue weighted by Crippen LogP contribution is -2.33. The second kappa shape index (κ2) is 4.75. The van der Waals surface area contributed by atoms with E-state index < -0.39 is 17.8 Å². The van der Waals surface area contributed by atoms with Gasteiger partial charge < -0.3 is 15.5 Å². The maximum Gasteiger partial charge on any atom is 0.320 e. The lowest BCUT2D eigenvalue weighted by molar-refractivity contribution is -0.139. The first-order chi connectivity index (χ1) is 6.99. The summed E-state index contributed by atoms with van der Waals surface area (Å²) in [6.45, 7) is 1.68. The Morgan fingerprint density at radius 1 is 1.53 bits per heavy atom. The van der Waals surface area contributed by atoms with Crippen molar-refractivity contribution in [3.63, 3.8) is 0 Å². The zero-order chi connectivity index (χ0) is 11.4. The minimum absolute atomic E-state index is 0.172. The number of hydrogen-bond acceptors (Lipinski definition) is 3. The Kier molecular flexibility index (Phi) is 3.62. The third kappa shape index (κ3) is 3.55. The minimum atomic E-state index is -0.976. The predicted molar refractivity (Wildman–Crippen MR) is 52.0 cm³/mol. The summed E-state index contributed by atoms with van der Waals surface area (Å²) in [5.74, 6) is -1.69. The van der Waals surface area contributed by atoms with Crippen LogP contribution < -0.4 is 5.32 Å². The van der Waals surface area contributed by atoms with E-state index in [4.69, 9.17) is 10.2 Å². The van der Waals surface area contributed by atoms with Gasteiger partial charge in [-0.05, 0) is 24.6 Å². The Morgan fingerprint density at radius 2 is 2.20 bits per heavy atom. The van der Waals surface area contributed by atoms with E-state index in [0.717, 1.165) is 6.07 Å². The summed E-state index contributed by atoms with van der Waals surface area (Å²) in [6, 6.07) is 2.89. The number of halogens is 1. The molecule has 1 rings (SSSR count). The van der Waals surface area contributed by atoms with Gasteiger partial charge in [-0.25, -0.2) is 4.39 Å². The van der Waals surface area contributed by atoms with Crippen molar-refractivity contribution in [2.75, 3.05) is 0 Å². The number of aliphatic carboxylic acids is 1. The summed E-state index contributed by atoms with van der Waals surface area (Å²) in [6.07, 6.45) is 0. The van der Waals surface area contributed by atoms with Gasteiger partial charge in [0.1, 0.15) is 17.6 Å². The Hall–Kier alpha value is -1.62. The molecule has 0 saturated carbocycles. The zero-order valence-corrected chi connectivity index (χ0v) is 8.20. The van der Waals surface area contributed by atoms with Gasteiger partial charge in [-0.2, -0.15) is 0 Å². The van der Waals surface area contributed by atoms with E-state index in [1.807, 2.05) is 0 Å². The second-order valence-electron chi connectivity index (χ2n) is 3.26. The molecule has 1 aromatic carbocycles. The fraction of sp³-hybridized carbons (Fsp3) is 0.300. The number of aromatic hydroxyl groups is 1. The van der Waals surface area contributed by atoms with Gasteiger partial charge in [-0.3, -0.25) is 4.79 Å². The first-order valence-corrected chi connectivity index (χ1v) is 4.43. The molecule has 0 radical (unpaired) electrons. The molecule has 1 unspecified atom stereocenters. The number of benzene rings is 1. The van der Waals surface area contributed by atoms with E-state index in [-0.39, 0.29) is 12.3 Å². The molecular formula is C10H12FNO3. The van der Waals surface area contributed by atoms with E-state index in [1.165, 1.54) is 19.1 Å². The molecule has 3 N–H and O–H groups in total. The fourth-order valence-corrected chi connectivity index (χ4v) is 1.09. The van der Waals surface area contributed by atoms with Crippen LogP contribution in [0.3, 0.4) is 0 Å². The third-order valence-corrected chi connectivity index (χ3v) is 1.93. The maximum absolute atomic E-state index is 12.8. The van der Waals surface area contributed by atoms with Crippen LogP contribution in [-0.2, 0) is 11.3 Å². The van der Waals surface area contributed by atoms with Gasteiger partial charge in [0, 0.05) is 12.6 Å². The monoisotopic (exact) mass is 213 g/mol. The Labute approximate surface area is 86.4 Å². The quantitative estimate of drug-likeness (QED) is 0.700. The average Bonchev–Trinajstić information content (AvgIpc) is 2.12. The highest BCUT2D eigenvalue weighted by Crippen LogP contribution is 2.14. The van der Waals surface area contributed by atoms with Crippen LogP contribution in [0.15, 0.2) is 18.2 Å². The fourth-order valence-electron chi connectivity index (χ4n) is 1.09. The number of rotatable bonds is 4. The van der Waals surface area contributed by atoms with Crippen LogP contribution in [0.5, 0.6) is 5.75 Å². The number of carboxylic acids is 1. The Balaban J connectivity index is 2.61. The molecule has 0 aliphatic carbocycles. The SMILES string of the molecule is CC(NCc1cc(O)cc(F)c1)C(=O)O. The van der Waals surface area contributed by atoms with Crippen LogP contribution in [0.4, 0.5) is 4.39 Å². The normalized spacial score (nSPS) is 12.4. The number of hydrogen-bond donors (Lipinski definition) is 3. The number of phenols is 1. The summed E-state index contributed by atoms with van der Waals surface area (Å²) >= 11 is 0. The van der Waals surface area contributed by atoms with Crippen molar-refractivity contribution >= 4 is 5.97 Å². The first-order valence-electron chi connectivity index (χ1n) is 4.43. The standard InChI is InChI=1S/C10H12FNO3/c1-6(10(14)15)12-5-7-2-8(11)4-9(13)3-7/h2-4,6,12-13H,5H2,1H3,(H,14,15). The highest BCUT2D eigenvalue weighted by atomic mass is 19.1. The van der Waals surface area contributed by atoms with E-state index in [9.17, 15) is 9.18 Å². The van der Waals surface area contributed by atoms with Crippen molar-refractivity contribution in [2.24, 2.45) is 0 Å². The summed E-state index contributed by atoms with van der Waals surface area (Å²) in [4.78, 5) is 10.5. The highest BCUT2D eigenvalue weighted by Gasteiger charge is 2.09.